The first-order chi connectivity index (χ1) is 11.2. The number of piperidine rings is 1. The molecular formula is C17H26N2O4S. The van der Waals surface area contributed by atoms with Gasteiger partial charge in [0.15, 0.2) is 0 Å². The standard InChI is InChI=1S/C17H26N2O4S/c1-17(2,3)19-16(20)23-15(13-8-7-11-18-12-13)24(21,22)14-9-5-4-6-10-14/h4-6,9-10,13,15,18H,7-8,11-12H2,1-3H3,(H,19,20). The molecule has 0 radical (unpaired) electrons. The molecule has 1 amide bonds. The number of rotatable bonds is 4. The largest absolute Gasteiger partial charge is 0.429 e. The molecule has 0 aromatic heterocycles. The van der Waals surface area contributed by atoms with Crippen LogP contribution in [0.25, 0.3) is 0 Å². The van der Waals surface area contributed by atoms with Gasteiger partial charge in [-0.2, -0.15) is 0 Å². The highest BCUT2D eigenvalue weighted by Gasteiger charge is 2.39. The third kappa shape index (κ3) is 4.95. The first-order valence-corrected chi connectivity index (χ1v) is 9.73. The van der Waals surface area contributed by atoms with Crippen molar-refractivity contribution in [2.45, 2.75) is 49.5 Å². The van der Waals surface area contributed by atoms with Crippen molar-refractivity contribution in [2.75, 3.05) is 13.1 Å². The lowest BCUT2D eigenvalue weighted by Gasteiger charge is -2.31. The summed E-state index contributed by atoms with van der Waals surface area (Å²) in [5.41, 5.74) is -1.70. The van der Waals surface area contributed by atoms with E-state index < -0.39 is 26.9 Å². The van der Waals surface area contributed by atoms with Gasteiger partial charge in [-0.25, -0.2) is 13.2 Å². The molecular weight excluding hydrogens is 328 g/mol. The van der Waals surface area contributed by atoms with Gasteiger partial charge in [-0.15, -0.1) is 0 Å². The molecule has 1 aliphatic heterocycles. The van der Waals surface area contributed by atoms with Crippen molar-refractivity contribution in [3.8, 4) is 0 Å². The highest BCUT2D eigenvalue weighted by molar-refractivity contribution is 7.92. The van der Waals surface area contributed by atoms with Crippen molar-refractivity contribution >= 4 is 15.9 Å². The molecule has 1 aliphatic rings. The van der Waals surface area contributed by atoms with Gasteiger partial charge in [0.05, 0.1) is 4.90 Å². The van der Waals surface area contributed by atoms with Crippen LogP contribution in [0.1, 0.15) is 33.6 Å². The number of ether oxygens (including phenoxy) is 1. The van der Waals surface area contributed by atoms with E-state index in [0.717, 1.165) is 13.0 Å². The van der Waals surface area contributed by atoms with Gasteiger partial charge in [-0.1, -0.05) is 18.2 Å². The van der Waals surface area contributed by atoms with Crippen LogP contribution in [0, 0.1) is 5.92 Å². The fraction of sp³-hybridized carbons (Fsp3) is 0.588. The molecule has 1 aromatic rings. The van der Waals surface area contributed by atoms with Crippen molar-refractivity contribution in [3.63, 3.8) is 0 Å². The van der Waals surface area contributed by atoms with Crippen molar-refractivity contribution in [3.05, 3.63) is 30.3 Å². The molecule has 2 N–H and O–H groups in total. The number of nitrogens with one attached hydrogen (secondary N) is 2. The highest BCUT2D eigenvalue weighted by Crippen LogP contribution is 2.27. The maximum Gasteiger partial charge on any atom is 0.408 e. The molecule has 2 atom stereocenters. The Kier molecular flexibility index (Phi) is 5.87. The van der Waals surface area contributed by atoms with E-state index in [-0.39, 0.29) is 10.8 Å². The lowest BCUT2D eigenvalue weighted by atomic mass is 10.0. The summed E-state index contributed by atoms with van der Waals surface area (Å²) in [7, 11) is -3.77. The van der Waals surface area contributed by atoms with Crippen LogP contribution in [-0.4, -0.2) is 38.6 Å². The van der Waals surface area contributed by atoms with Crippen LogP contribution >= 0.6 is 0 Å². The molecule has 1 fully saturated rings. The van der Waals surface area contributed by atoms with E-state index in [4.69, 9.17) is 4.74 Å². The van der Waals surface area contributed by atoms with Crippen molar-refractivity contribution in [1.82, 2.24) is 10.6 Å². The van der Waals surface area contributed by atoms with E-state index in [0.29, 0.717) is 13.0 Å². The minimum atomic E-state index is -3.77. The van der Waals surface area contributed by atoms with Gasteiger partial charge in [-0.05, 0) is 52.3 Å². The first kappa shape index (κ1) is 18.7. The van der Waals surface area contributed by atoms with E-state index in [1.54, 1.807) is 18.2 Å². The van der Waals surface area contributed by atoms with Gasteiger partial charge < -0.3 is 15.4 Å². The summed E-state index contributed by atoms with van der Waals surface area (Å²) in [6, 6.07) is 8.15. The van der Waals surface area contributed by atoms with Crippen LogP contribution in [0.5, 0.6) is 0 Å². The normalized spacial score (nSPS) is 20.2. The second-order valence-corrected chi connectivity index (χ2v) is 9.14. The SMILES string of the molecule is CC(C)(C)NC(=O)OC(C1CCCNC1)S(=O)(=O)c1ccccc1. The van der Waals surface area contributed by atoms with E-state index in [1.807, 2.05) is 20.8 Å². The molecule has 6 nitrogen and oxygen atoms in total. The Morgan fingerprint density at radius 3 is 2.50 bits per heavy atom. The van der Waals surface area contributed by atoms with Gasteiger partial charge in [0.25, 0.3) is 0 Å². The van der Waals surface area contributed by atoms with E-state index >= 15 is 0 Å². The summed E-state index contributed by atoms with van der Waals surface area (Å²) in [6.45, 7) is 6.81. The van der Waals surface area contributed by atoms with E-state index in [1.165, 1.54) is 12.1 Å². The maximum atomic E-state index is 13.0. The smallest absolute Gasteiger partial charge is 0.408 e. The lowest BCUT2D eigenvalue weighted by Crippen LogP contribution is -2.47. The molecule has 1 saturated heterocycles. The minimum absolute atomic E-state index is 0.170. The number of amides is 1. The number of carbonyl (C=O) groups is 1. The second-order valence-electron chi connectivity index (χ2n) is 7.11. The van der Waals surface area contributed by atoms with Crippen LogP contribution in [0.2, 0.25) is 0 Å². The zero-order chi connectivity index (χ0) is 17.8. The van der Waals surface area contributed by atoms with Crippen molar-refractivity contribution in [2.24, 2.45) is 5.92 Å². The Morgan fingerprint density at radius 1 is 1.29 bits per heavy atom. The molecule has 0 saturated carbocycles. The number of hydrogen-bond acceptors (Lipinski definition) is 5. The zero-order valence-corrected chi connectivity index (χ0v) is 15.2. The van der Waals surface area contributed by atoms with Crippen LogP contribution in [0.15, 0.2) is 35.2 Å². The summed E-state index contributed by atoms with van der Waals surface area (Å²) in [5.74, 6) is -0.269. The van der Waals surface area contributed by atoms with Crippen molar-refractivity contribution in [1.29, 1.82) is 0 Å². The third-order valence-corrected chi connectivity index (χ3v) is 5.82. The van der Waals surface area contributed by atoms with Gasteiger partial charge >= 0.3 is 6.09 Å². The third-order valence-electron chi connectivity index (χ3n) is 3.80. The second kappa shape index (κ2) is 7.53. The molecule has 1 heterocycles. The average molecular weight is 354 g/mol. The van der Waals surface area contributed by atoms with Crippen molar-refractivity contribution < 1.29 is 17.9 Å². The summed E-state index contributed by atoms with van der Waals surface area (Å²) in [6.07, 6.45) is 0.847. The molecule has 2 rings (SSSR count). The van der Waals surface area contributed by atoms with Gasteiger partial charge in [0.2, 0.25) is 15.3 Å². The summed E-state index contributed by atoms with van der Waals surface area (Å²) in [4.78, 5) is 12.3. The van der Waals surface area contributed by atoms with E-state index in [2.05, 4.69) is 10.6 Å². The Morgan fingerprint density at radius 2 is 1.96 bits per heavy atom. The van der Waals surface area contributed by atoms with Crippen LogP contribution < -0.4 is 10.6 Å². The number of hydrogen-bond donors (Lipinski definition) is 2. The van der Waals surface area contributed by atoms with Gasteiger partial charge in [0, 0.05) is 18.0 Å². The first-order valence-electron chi connectivity index (χ1n) is 8.18. The zero-order valence-electron chi connectivity index (χ0n) is 14.4. The van der Waals surface area contributed by atoms with Crippen LogP contribution in [0.3, 0.4) is 0 Å². The number of carbonyl (C=O) groups excluding carboxylic acids is 1. The Balaban J connectivity index is 2.27. The predicted octanol–water partition coefficient (Wildman–Crippen LogP) is 2.31. The Hall–Kier alpha value is -1.60. The molecule has 1 aromatic carbocycles. The monoisotopic (exact) mass is 354 g/mol. The quantitative estimate of drug-likeness (QED) is 0.867. The molecule has 0 aliphatic carbocycles. The lowest BCUT2D eigenvalue weighted by molar-refractivity contribution is 0.0901. The summed E-state index contributed by atoms with van der Waals surface area (Å²) >= 11 is 0. The summed E-state index contributed by atoms with van der Waals surface area (Å²) in [5, 5.41) is 5.85. The topological polar surface area (TPSA) is 84.5 Å². The predicted molar refractivity (Wildman–Crippen MR) is 92.4 cm³/mol. The molecule has 0 spiro atoms. The fourth-order valence-electron chi connectivity index (χ4n) is 2.71. The Bertz CT molecular complexity index is 647. The Labute approximate surface area is 143 Å². The number of sulfone groups is 1. The van der Waals surface area contributed by atoms with Gasteiger partial charge in [0.1, 0.15) is 0 Å². The average Bonchev–Trinajstić information content (AvgIpc) is 2.52. The molecule has 24 heavy (non-hydrogen) atoms. The number of alkyl carbamates (subject to hydrolysis) is 1. The minimum Gasteiger partial charge on any atom is -0.429 e. The molecule has 0 bridgehead atoms. The van der Waals surface area contributed by atoms with Crippen LogP contribution in [0.4, 0.5) is 4.79 Å². The summed E-state index contributed by atoms with van der Waals surface area (Å²) < 4.78 is 31.4. The van der Waals surface area contributed by atoms with Crippen LogP contribution in [-0.2, 0) is 14.6 Å². The molecule has 134 valence electrons. The molecule has 2 unspecified atom stereocenters. The molecule has 7 heteroatoms. The highest BCUT2D eigenvalue weighted by atomic mass is 32.2. The van der Waals surface area contributed by atoms with Gasteiger partial charge in [-0.3, -0.25) is 0 Å². The maximum absolute atomic E-state index is 13.0. The fourth-order valence-corrected chi connectivity index (χ4v) is 4.47. The number of benzene rings is 1. The van der Waals surface area contributed by atoms with E-state index in [9.17, 15) is 13.2 Å².